The van der Waals surface area contributed by atoms with Crippen molar-refractivity contribution in [2.24, 2.45) is 0 Å². The zero-order valence-electron chi connectivity index (χ0n) is 14.9. The fourth-order valence-corrected chi connectivity index (χ4v) is 2.53. The summed E-state index contributed by atoms with van der Waals surface area (Å²) in [5.74, 6) is 0.0307. The number of hydrogen-bond acceptors (Lipinski definition) is 4. The minimum absolute atomic E-state index is 0.00929. The summed E-state index contributed by atoms with van der Waals surface area (Å²) < 4.78 is 0. The highest BCUT2D eigenvalue weighted by Crippen LogP contribution is 2.15. The van der Waals surface area contributed by atoms with Crippen molar-refractivity contribution in [3.8, 4) is 0 Å². The van der Waals surface area contributed by atoms with Crippen LogP contribution in [0.5, 0.6) is 0 Å². The molecule has 136 valence electrons. The van der Waals surface area contributed by atoms with Crippen LogP contribution in [-0.2, 0) is 14.4 Å². The molecule has 2 N–H and O–H groups in total. The van der Waals surface area contributed by atoms with Crippen LogP contribution in [0.1, 0.15) is 45.1 Å². The van der Waals surface area contributed by atoms with Crippen molar-refractivity contribution in [1.29, 1.82) is 0 Å². The Morgan fingerprint density at radius 1 is 1.00 bits per heavy atom. The van der Waals surface area contributed by atoms with Gasteiger partial charge in [-0.15, -0.1) is 0 Å². The molecule has 0 saturated heterocycles. The summed E-state index contributed by atoms with van der Waals surface area (Å²) in [5, 5.41) is 5.57. The molecule has 2 amide bonds. The second-order valence-electron chi connectivity index (χ2n) is 5.85. The summed E-state index contributed by atoms with van der Waals surface area (Å²) in [6.07, 6.45) is 2.91. The summed E-state index contributed by atoms with van der Waals surface area (Å²) >= 11 is 1.01. The van der Waals surface area contributed by atoms with Gasteiger partial charge in [0, 0.05) is 25.6 Å². The molecule has 0 saturated carbocycles. The highest BCUT2D eigenvalue weighted by molar-refractivity contribution is 8.14. The third kappa shape index (κ3) is 9.72. The summed E-state index contributed by atoms with van der Waals surface area (Å²) in [4.78, 5) is 34.0. The molecule has 0 unspecified atom stereocenters. The zero-order valence-corrected chi connectivity index (χ0v) is 15.7. The van der Waals surface area contributed by atoms with Crippen LogP contribution < -0.4 is 10.6 Å². The summed E-state index contributed by atoms with van der Waals surface area (Å²) in [7, 11) is 0. The molecule has 0 aliphatic rings. The lowest BCUT2D eigenvalue weighted by Crippen LogP contribution is -2.26. The molecule has 0 aliphatic heterocycles. The van der Waals surface area contributed by atoms with Crippen molar-refractivity contribution >= 4 is 40.0 Å². The van der Waals surface area contributed by atoms with Crippen LogP contribution in [-0.4, -0.2) is 29.2 Å². The Balaban J connectivity index is 2.11. The monoisotopic (exact) mass is 362 g/mol. The molecule has 0 atom stereocenters. The topological polar surface area (TPSA) is 75.3 Å². The first-order valence-corrected chi connectivity index (χ1v) is 9.33. The maximum Gasteiger partial charge on any atom is 0.230 e. The van der Waals surface area contributed by atoms with Crippen molar-refractivity contribution < 1.29 is 14.4 Å². The van der Waals surface area contributed by atoms with Gasteiger partial charge in [-0.2, -0.15) is 0 Å². The molecule has 0 aliphatic carbocycles. The lowest BCUT2D eigenvalue weighted by molar-refractivity contribution is -0.119. The number of unbranched alkanes of at least 4 members (excludes halogenated alkanes) is 2. The smallest absolute Gasteiger partial charge is 0.230 e. The van der Waals surface area contributed by atoms with Crippen molar-refractivity contribution in [2.45, 2.75) is 39.5 Å². The maximum absolute atomic E-state index is 11.9. The van der Waals surface area contributed by atoms with E-state index in [9.17, 15) is 14.4 Å². The van der Waals surface area contributed by atoms with Crippen LogP contribution in [0, 0.1) is 0 Å². The Morgan fingerprint density at radius 3 is 2.28 bits per heavy atom. The van der Waals surface area contributed by atoms with E-state index in [4.69, 9.17) is 0 Å². The molecule has 1 rings (SSSR count). The van der Waals surface area contributed by atoms with E-state index in [1.807, 2.05) is 31.2 Å². The van der Waals surface area contributed by atoms with Crippen LogP contribution in [0.15, 0.2) is 30.8 Å². The third-order valence-electron chi connectivity index (χ3n) is 3.47. The number of carbonyl (C=O) groups excluding carboxylic acids is 3. The van der Waals surface area contributed by atoms with Crippen LogP contribution >= 0.6 is 11.8 Å². The van der Waals surface area contributed by atoms with E-state index in [1.54, 1.807) is 0 Å². The second-order valence-corrected chi connectivity index (χ2v) is 7.00. The number of rotatable bonds is 10. The van der Waals surface area contributed by atoms with Gasteiger partial charge in [0.1, 0.15) is 0 Å². The van der Waals surface area contributed by atoms with E-state index in [2.05, 4.69) is 17.2 Å². The largest absolute Gasteiger partial charge is 0.355 e. The first-order valence-electron chi connectivity index (χ1n) is 8.34. The van der Waals surface area contributed by atoms with Gasteiger partial charge in [-0.25, -0.2) is 0 Å². The Morgan fingerprint density at radius 2 is 1.68 bits per heavy atom. The van der Waals surface area contributed by atoms with Gasteiger partial charge in [-0.1, -0.05) is 42.5 Å². The van der Waals surface area contributed by atoms with Crippen LogP contribution in [0.2, 0.25) is 0 Å². The van der Waals surface area contributed by atoms with E-state index in [-0.39, 0.29) is 22.7 Å². The van der Waals surface area contributed by atoms with Gasteiger partial charge in [-0.3, -0.25) is 14.4 Å². The zero-order chi connectivity index (χ0) is 18.7. The van der Waals surface area contributed by atoms with Gasteiger partial charge in [0.05, 0.1) is 5.75 Å². The molecule has 0 aromatic heterocycles. The molecule has 0 fully saturated rings. The van der Waals surface area contributed by atoms with Gasteiger partial charge in [0.25, 0.3) is 0 Å². The average molecular weight is 362 g/mol. The molecule has 1 aromatic rings. The number of carbonyl (C=O) groups is 3. The highest BCUT2D eigenvalue weighted by Gasteiger charge is 2.04. The van der Waals surface area contributed by atoms with Crippen LogP contribution in [0.4, 0.5) is 5.69 Å². The number of allylic oxidation sites excluding steroid dienone is 1. The standard InChI is InChI=1S/C19H26N2O3S/c1-14(2)16-8-10-17(11-9-16)21-18(23)7-5-4-6-12-20-19(24)13-25-15(3)22/h8-11H,1,4-7,12-13H2,2-3H3,(H,20,24)(H,21,23). The van der Waals surface area contributed by atoms with Gasteiger partial charge in [0.2, 0.25) is 11.8 Å². The van der Waals surface area contributed by atoms with Crippen molar-refractivity contribution in [2.75, 3.05) is 17.6 Å². The Hall–Kier alpha value is -2.08. The SMILES string of the molecule is C=C(C)c1ccc(NC(=O)CCCCCNC(=O)CSC(C)=O)cc1. The first-order chi connectivity index (χ1) is 11.9. The Bertz CT molecular complexity index is 612. The Labute approximate surface area is 153 Å². The number of anilines is 1. The molecule has 6 heteroatoms. The van der Waals surface area contributed by atoms with E-state index in [1.165, 1.54) is 6.92 Å². The van der Waals surface area contributed by atoms with Crippen LogP contribution in [0.3, 0.4) is 0 Å². The third-order valence-corrected chi connectivity index (χ3v) is 4.28. The first kappa shape index (κ1) is 21.0. The number of hydrogen-bond donors (Lipinski definition) is 2. The van der Waals surface area contributed by atoms with E-state index >= 15 is 0 Å². The number of amides is 2. The molecule has 5 nitrogen and oxygen atoms in total. The quantitative estimate of drug-likeness (QED) is 0.624. The predicted molar refractivity (Wildman–Crippen MR) is 104 cm³/mol. The molecule has 1 aromatic carbocycles. The van der Waals surface area contributed by atoms with Crippen molar-refractivity contribution in [1.82, 2.24) is 5.32 Å². The minimum Gasteiger partial charge on any atom is -0.355 e. The molecule has 0 radical (unpaired) electrons. The molecule has 25 heavy (non-hydrogen) atoms. The molecule has 0 spiro atoms. The number of benzene rings is 1. The van der Waals surface area contributed by atoms with Gasteiger partial charge >= 0.3 is 0 Å². The minimum atomic E-state index is -0.129. The number of thioether (sulfide) groups is 1. The van der Waals surface area contributed by atoms with E-state index < -0.39 is 0 Å². The molecular weight excluding hydrogens is 336 g/mol. The van der Waals surface area contributed by atoms with Crippen molar-refractivity contribution in [3.05, 3.63) is 36.4 Å². The molecular formula is C19H26N2O3S. The highest BCUT2D eigenvalue weighted by atomic mass is 32.2. The normalized spacial score (nSPS) is 10.2. The lowest BCUT2D eigenvalue weighted by Gasteiger charge is -2.07. The van der Waals surface area contributed by atoms with Crippen molar-refractivity contribution in [3.63, 3.8) is 0 Å². The van der Waals surface area contributed by atoms with E-state index in [0.29, 0.717) is 13.0 Å². The summed E-state index contributed by atoms with van der Waals surface area (Å²) in [6.45, 7) is 7.84. The maximum atomic E-state index is 11.9. The second kappa shape index (κ2) is 11.5. The summed E-state index contributed by atoms with van der Waals surface area (Å²) in [6, 6.07) is 7.61. The molecule has 0 bridgehead atoms. The average Bonchev–Trinajstić information content (AvgIpc) is 2.56. The Kier molecular flexibility index (Phi) is 9.62. The summed E-state index contributed by atoms with van der Waals surface area (Å²) in [5.41, 5.74) is 2.83. The molecule has 0 heterocycles. The van der Waals surface area contributed by atoms with Gasteiger partial charge in [-0.05, 0) is 37.5 Å². The fraction of sp³-hybridized carbons (Fsp3) is 0.421. The van der Waals surface area contributed by atoms with E-state index in [0.717, 1.165) is 47.8 Å². The lowest BCUT2D eigenvalue weighted by atomic mass is 10.1. The van der Waals surface area contributed by atoms with Gasteiger partial charge in [0.15, 0.2) is 5.12 Å². The van der Waals surface area contributed by atoms with Crippen LogP contribution in [0.25, 0.3) is 5.57 Å². The number of nitrogens with one attached hydrogen (secondary N) is 2. The predicted octanol–water partition coefficient (Wildman–Crippen LogP) is 3.61. The van der Waals surface area contributed by atoms with Gasteiger partial charge < -0.3 is 10.6 Å². The fourth-order valence-electron chi connectivity index (χ4n) is 2.09.